The van der Waals surface area contributed by atoms with E-state index in [9.17, 15) is 9.59 Å². The number of amides is 2. The molecule has 150 valence electrons. The summed E-state index contributed by atoms with van der Waals surface area (Å²) in [5.74, 6) is -0.0914. The van der Waals surface area contributed by atoms with Crippen LogP contribution in [-0.2, 0) is 4.79 Å². The lowest BCUT2D eigenvalue weighted by Crippen LogP contribution is -2.42. The van der Waals surface area contributed by atoms with Crippen molar-refractivity contribution in [1.82, 2.24) is 4.90 Å². The number of carbonyl (C=O) groups is 2. The van der Waals surface area contributed by atoms with Crippen molar-refractivity contribution in [3.63, 3.8) is 0 Å². The Morgan fingerprint density at radius 3 is 2.63 bits per heavy atom. The number of carbonyl (C=O) groups excluding carboxylic acids is 2. The van der Waals surface area contributed by atoms with Gasteiger partial charge in [0.15, 0.2) is 0 Å². The van der Waals surface area contributed by atoms with Gasteiger partial charge in [-0.15, -0.1) is 12.4 Å². The molecule has 3 atom stereocenters. The van der Waals surface area contributed by atoms with Crippen LogP contribution in [0.4, 0.5) is 5.69 Å². The molecule has 3 unspecified atom stereocenters. The Bertz CT molecular complexity index is 683. The minimum absolute atomic E-state index is 0. The van der Waals surface area contributed by atoms with Crippen molar-refractivity contribution in [1.29, 1.82) is 0 Å². The van der Waals surface area contributed by atoms with Crippen molar-refractivity contribution < 1.29 is 9.59 Å². The van der Waals surface area contributed by atoms with Crippen LogP contribution in [0.5, 0.6) is 0 Å². The van der Waals surface area contributed by atoms with Gasteiger partial charge in [-0.1, -0.05) is 18.0 Å². The number of benzene rings is 1. The molecule has 3 rings (SSSR count). The van der Waals surface area contributed by atoms with Gasteiger partial charge in [-0.25, -0.2) is 0 Å². The third-order valence-corrected chi connectivity index (χ3v) is 5.93. The first-order valence-electron chi connectivity index (χ1n) is 9.62. The number of hydrogen-bond donors (Lipinski definition) is 2. The fourth-order valence-electron chi connectivity index (χ4n) is 4.03. The predicted octanol–water partition coefficient (Wildman–Crippen LogP) is 4.23. The Morgan fingerprint density at radius 2 is 1.96 bits per heavy atom. The molecule has 1 aromatic carbocycles. The summed E-state index contributed by atoms with van der Waals surface area (Å²) in [6, 6.07) is 5.49. The molecule has 1 aliphatic carbocycles. The number of halogens is 2. The zero-order chi connectivity index (χ0) is 18.7. The highest BCUT2D eigenvalue weighted by atomic mass is 35.5. The molecule has 0 radical (unpaired) electrons. The van der Waals surface area contributed by atoms with Crippen molar-refractivity contribution in [2.45, 2.75) is 64.0 Å². The molecule has 3 N–H and O–H groups in total. The Morgan fingerprint density at radius 1 is 1.19 bits per heavy atom. The molecule has 2 amide bonds. The van der Waals surface area contributed by atoms with Gasteiger partial charge in [0.25, 0.3) is 5.91 Å². The van der Waals surface area contributed by atoms with E-state index in [1.165, 1.54) is 0 Å². The van der Waals surface area contributed by atoms with E-state index in [-0.39, 0.29) is 42.2 Å². The number of likely N-dealkylation sites (tertiary alicyclic amines) is 1. The molecule has 1 aliphatic heterocycles. The molecule has 27 heavy (non-hydrogen) atoms. The molecule has 1 aromatic rings. The Hall–Kier alpha value is -1.30. The normalized spacial score (nSPS) is 25.4. The summed E-state index contributed by atoms with van der Waals surface area (Å²) in [5, 5.41) is 3.30. The number of anilines is 1. The van der Waals surface area contributed by atoms with E-state index in [4.69, 9.17) is 17.3 Å². The molecule has 1 heterocycles. The van der Waals surface area contributed by atoms with E-state index < -0.39 is 0 Å². The second-order valence-corrected chi connectivity index (χ2v) is 8.06. The summed E-state index contributed by atoms with van der Waals surface area (Å²) in [6.45, 7) is 2.85. The second-order valence-electron chi connectivity index (χ2n) is 7.65. The smallest absolute Gasteiger partial charge is 0.255 e. The number of nitrogens with zero attached hydrogens (tertiary/aromatic N) is 1. The average Bonchev–Trinajstić information content (AvgIpc) is 2.62. The van der Waals surface area contributed by atoms with Crippen LogP contribution < -0.4 is 11.1 Å². The lowest BCUT2D eigenvalue weighted by atomic mass is 9.85. The number of nitrogens with one attached hydrogen (secondary N) is 1. The van der Waals surface area contributed by atoms with Crippen LogP contribution in [0.3, 0.4) is 0 Å². The number of nitrogens with two attached hydrogens (primary N) is 1. The van der Waals surface area contributed by atoms with Gasteiger partial charge in [-0.3, -0.25) is 9.59 Å². The van der Waals surface area contributed by atoms with Crippen LogP contribution >= 0.6 is 24.0 Å². The van der Waals surface area contributed by atoms with E-state index in [2.05, 4.69) is 12.2 Å². The fourth-order valence-corrected chi connectivity index (χ4v) is 4.29. The lowest BCUT2D eigenvalue weighted by molar-refractivity contribution is -0.120. The number of hydrogen-bond acceptors (Lipinski definition) is 3. The molecule has 1 saturated heterocycles. The summed E-state index contributed by atoms with van der Waals surface area (Å²) in [6.07, 6.45) is 6.79. The van der Waals surface area contributed by atoms with Crippen molar-refractivity contribution >= 4 is 41.5 Å². The van der Waals surface area contributed by atoms with Gasteiger partial charge in [0.1, 0.15) is 0 Å². The Labute approximate surface area is 172 Å². The SMILES string of the molecule is CC1CCCCN1C(=O)c1ccc(NC(=O)C2CCCC(N)C2)cc1Cl.Cl. The zero-order valence-corrected chi connectivity index (χ0v) is 17.3. The first kappa shape index (κ1) is 22.0. The highest BCUT2D eigenvalue weighted by Crippen LogP contribution is 2.28. The maximum Gasteiger partial charge on any atom is 0.255 e. The van der Waals surface area contributed by atoms with Gasteiger partial charge in [0.05, 0.1) is 10.6 Å². The van der Waals surface area contributed by atoms with Crippen LogP contribution in [0, 0.1) is 5.92 Å². The predicted molar refractivity (Wildman–Crippen MR) is 112 cm³/mol. The van der Waals surface area contributed by atoms with Crippen LogP contribution in [0.2, 0.25) is 5.02 Å². The molecule has 2 fully saturated rings. The molecule has 2 aliphatic rings. The summed E-state index contributed by atoms with van der Waals surface area (Å²) >= 11 is 6.36. The van der Waals surface area contributed by atoms with Crippen molar-refractivity contribution in [3.05, 3.63) is 28.8 Å². The molecule has 0 bridgehead atoms. The summed E-state index contributed by atoms with van der Waals surface area (Å²) in [4.78, 5) is 27.1. The third kappa shape index (κ3) is 5.37. The first-order chi connectivity index (χ1) is 12.5. The maximum absolute atomic E-state index is 12.8. The fraction of sp³-hybridized carbons (Fsp3) is 0.600. The quantitative estimate of drug-likeness (QED) is 0.777. The lowest BCUT2D eigenvalue weighted by Gasteiger charge is -2.33. The van der Waals surface area contributed by atoms with Crippen molar-refractivity contribution in [2.24, 2.45) is 11.7 Å². The number of rotatable bonds is 3. The minimum Gasteiger partial charge on any atom is -0.336 e. The van der Waals surface area contributed by atoms with Crippen LogP contribution in [-0.4, -0.2) is 35.3 Å². The van der Waals surface area contributed by atoms with Gasteiger partial charge < -0.3 is 16.0 Å². The second kappa shape index (κ2) is 9.76. The van der Waals surface area contributed by atoms with Crippen molar-refractivity contribution in [3.8, 4) is 0 Å². The first-order valence-corrected chi connectivity index (χ1v) is 10.0. The zero-order valence-electron chi connectivity index (χ0n) is 15.7. The van der Waals surface area contributed by atoms with Gasteiger partial charge in [0, 0.05) is 30.2 Å². The summed E-state index contributed by atoms with van der Waals surface area (Å²) in [7, 11) is 0. The van der Waals surface area contributed by atoms with Crippen LogP contribution in [0.25, 0.3) is 0 Å². The monoisotopic (exact) mass is 413 g/mol. The maximum atomic E-state index is 12.8. The molecular weight excluding hydrogens is 385 g/mol. The Kier molecular flexibility index (Phi) is 7.95. The number of piperidine rings is 1. The molecule has 0 spiro atoms. The average molecular weight is 414 g/mol. The molecule has 1 saturated carbocycles. The van der Waals surface area contributed by atoms with Crippen LogP contribution in [0.1, 0.15) is 62.2 Å². The third-order valence-electron chi connectivity index (χ3n) is 5.62. The van der Waals surface area contributed by atoms with Gasteiger partial charge in [0.2, 0.25) is 5.91 Å². The largest absolute Gasteiger partial charge is 0.336 e. The van der Waals surface area contributed by atoms with Crippen molar-refractivity contribution in [2.75, 3.05) is 11.9 Å². The molecule has 0 aromatic heterocycles. The van der Waals surface area contributed by atoms with E-state index in [1.54, 1.807) is 18.2 Å². The minimum atomic E-state index is -0.0481. The van der Waals surface area contributed by atoms with Gasteiger partial charge >= 0.3 is 0 Å². The standard InChI is InChI=1S/C20H28ClN3O2.ClH/c1-13-5-2-3-10-24(13)20(26)17-9-8-16(12-18(17)21)23-19(25)14-6-4-7-15(22)11-14;/h8-9,12-15H,2-7,10-11,22H2,1H3,(H,23,25);1H. The van der Waals surface area contributed by atoms with Gasteiger partial charge in [-0.05, 0) is 63.6 Å². The Balaban J connectivity index is 0.00000261. The molecule has 7 heteroatoms. The highest BCUT2D eigenvalue weighted by molar-refractivity contribution is 6.34. The highest BCUT2D eigenvalue weighted by Gasteiger charge is 2.27. The van der Waals surface area contributed by atoms with E-state index >= 15 is 0 Å². The van der Waals surface area contributed by atoms with E-state index in [0.29, 0.717) is 16.3 Å². The topological polar surface area (TPSA) is 75.4 Å². The van der Waals surface area contributed by atoms with Crippen LogP contribution in [0.15, 0.2) is 18.2 Å². The van der Waals surface area contributed by atoms with Gasteiger partial charge in [-0.2, -0.15) is 0 Å². The molecular formula is C20H29Cl2N3O2. The molecule has 5 nitrogen and oxygen atoms in total. The van der Waals surface area contributed by atoms with E-state index in [1.807, 2.05) is 4.90 Å². The van der Waals surface area contributed by atoms with E-state index in [0.717, 1.165) is 51.5 Å². The summed E-state index contributed by atoms with van der Waals surface area (Å²) < 4.78 is 0. The summed E-state index contributed by atoms with van der Waals surface area (Å²) in [5.41, 5.74) is 7.10.